The van der Waals surface area contributed by atoms with E-state index < -0.39 is 6.10 Å². The predicted molar refractivity (Wildman–Crippen MR) is 92.4 cm³/mol. The van der Waals surface area contributed by atoms with Crippen molar-refractivity contribution in [3.8, 4) is 5.75 Å². The van der Waals surface area contributed by atoms with Crippen LogP contribution in [0.15, 0.2) is 42.6 Å². The topological polar surface area (TPSA) is 54.4 Å². The molecule has 0 aliphatic rings. The van der Waals surface area contributed by atoms with Crippen molar-refractivity contribution in [2.75, 3.05) is 6.54 Å². The molecule has 0 amide bonds. The SMILES string of the molecule is CCC(NCC(O)c1ccc(OC(C)C)cc1)c1ccc(F)cn1. The van der Waals surface area contributed by atoms with Gasteiger partial charge in [0, 0.05) is 12.6 Å². The molecule has 2 unspecified atom stereocenters. The molecule has 0 spiro atoms. The molecular weight excluding hydrogens is 307 g/mol. The molecule has 0 aliphatic heterocycles. The standard InChI is InChI=1S/C19H25FN2O2/c1-4-17(18-10-7-15(20)11-21-18)22-12-19(23)14-5-8-16(9-6-14)24-13(2)3/h5-11,13,17,19,22-23H,4,12H2,1-3H3. The normalized spacial score (nSPS) is 13.8. The summed E-state index contributed by atoms with van der Waals surface area (Å²) in [5.41, 5.74) is 1.59. The van der Waals surface area contributed by atoms with Crippen LogP contribution in [0.3, 0.4) is 0 Å². The second kappa shape index (κ2) is 8.76. The Labute approximate surface area is 142 Å². The molecule has 1 heterocycles. The van der Waals surface area contributed by atoms with Crippen LogP contribution in [-0.2, 0) is 0 Å². The van der Waals surface area contributed by atoms with Crippen molar-refractivity contribution in [1.82, 2.24) is 10.3 Å². The van der Waals surface area contributed by atoms with Crippen molar-refractivity contribution in [2.45, 2.75) is 45.4 Å². The Kier molecular flexibility index (Phi) is 6.70. The molecule has 0 radical (unpaired) electrons. The van der Waals surface area contributed by atoms with E-state index in [1.807, 2.05) is 45.0 Å². The van der Waals surface area contributed by atoms with Crippen LogP contribution >= 0.6 is 0 Å². The van der Waals surface area contributed by atoms with Crippen LogP contribution in [0.5, 0.6) is 5.75 Å². The maximum atomic E-state index is 13.0. The Morgan fingerprint density at radius 3 is 2.42 bits per heavy atom. The first-order valence-corrected chi connectivity index (χ1v) is 8.29. The molecule has 0 saturated carbocycles. The molecule has 5 heteroatoms. The lowest BCUT2D eigenvalue weighted by Gasteiger charge is -2.19. The van der Waals surface area contributed by atoms with E-state index in [1.54, 1.807) is 6.07 Å². The van der Waals surface area contributed by atoms with E-state index in [-0.39, 0.29) is 18.0 Å². The fraction of sp³-hybridized carbons (Fsp3) is 0.421. The summed E-state index contributed by atoms with van der Waals surface area (Å²) in [6.45, 7) is 6.36. The van der Waals surface area contributed by atoms with Gasteiger partial charge in [0.15, 0.2) is 0 Å². The van der Waals surface area contributed by atoms with Gasteiger partial charge in [0.25, 0.3) is 0 Å². The maximum Gasteiger partial charge on any atom is 0.141 e. The lowest BCUT2D eigenvalue weighted by atomic mass is 10.1. The number of nitrogens with zero attached hydrogens (tertiary/aromatic N) is 1. The van der Waals surface area contributed by atoms with Gasteiger partial charge < -0.3 is 15.2 Å². The Bertz CT molecular complexity index is 614. The summed E-state index contributed by atoms with van der Waals surface area (Å²) < 4.78 is 18.6. The Morgan fingerprint density at radius 1 is 1.17 bits per heavy atom. The fourth-order valence-electron chi connectivity index (χ4n) is 2.46. The minimum absolute atomic E-state index is 0.0243. The van der Waals surface area contributed by atoms with Crippen LogP contribution in [0.1, 0.15) is 50.6 Å². The molecular formula is C19H25FN2O2. The molecule has 0 fully saturated rings. The number of nitrogens with one attached hydrogen (secondary N) is 1. The number of hydrogen-bond acceptors (Lipinski definition) is 4. The summed E-state index contributed by atoms with van der Waals surface area (Å²) in [5, 5.41) is 13.6. The van der Waals surface area contributed by atoms with Gasteiger partial charge in [0.2, 0.25) is 0 Å². The first kappa shape index (κ1) is 18.4. The van der Waals surface area contributed by atoms with Gasteiger partial charge in [-0.25, -0.2) is 4.39 Å². The van der Waals surface area contributed by atoms with Crippen LogP contribution in [-0.4, -0.2) is 22.7 Å². The van der Waals surface area contributed by atoms with E-state index >= 15 is 0 Å². The van der Waals surface area contributed by atoms with Crippen LogP contribution < -0.4 is 10.1 Å². The van der Waals surface area contributed by atoms with E-state index in [0.717, 1.165) is 23.4 Å². The third kappa shape index (κ3) is 5.28. The van der Waals surface area contributed by atoms with Crippen molar-refractivity contribution in [3.63, 3.8) is 0 Å². The molecule has 2 atom stereocenters. The maximum absolute atomic E-state index is 13.0. The van der Waals surface area contributed by atoms with E-state index in [1.165, 1.54) is 12.3 Å². The highest BCUT2D eigenvalue weighted by molar-refractivity contribution is 5.28. The van der Waals surface area contributed by atoms with Gasteiger partial charge in [-0.3, -0.25) is 4.98 Å². The summed E-state index contributed by atoms with van der Waals surface area (Å²) in [6, 6.07) is 10.5. The van der Waals surface area contributed by atoms with Crippen LogP contribution in [0, 0.1) is 5.82 Å². The minimum atomic E-state index is -0.632. The van der Waals surface area contributed by atoms with E-state index in [4.69, 9.17) is 4.74 Å². The molecule has 130 valence electrons. The van der Waals surface area contributed by atoms with Crippen LogP contribution in [0.25, 0.3) is 0 Å². The van der Waals surface area contributed by atoms with Gasteiger partial charge >= 0.3 is 0 Å². The van der Waals surface area contributed by atoms with E-state index in [0.29, 0.717) is 6.54 Å². The van der Waals surface area contributed by atoms with Gasteiger partial charge in [0.05, 0.1) is 24.1 Å². The predicted octanol–water partition coefficient (Wildman–Crippen LogP) is 3.78. The van der Waals surface area contributed by atoms with Crippen LogP contribution in [0.2, 0.25) is 0 Å². The molecule has 2 N–H and O–H groups in total. The number of pyridine rings is 1. The van der Waals surface area contributed by atoms with E-state index in [2.05, 4.69) is 10.3 Å². The second-order valence-electron chi connectivity index (χ2n) is 6.02. The minimum Gasteiger partial charge on any atom is -0.491 e. The highest BCUT2D eigenvalue weighted by atomic mass is 19.1. The van der Waals surface area contributed by atoms with Crippen molar-refractivity contribution >= 4 is 0 Å². The highest BCUT2D eigenvalue weighted by Crippen LogP contribution is 2.20. The van der Waals surface area contributed by atoms with Gasteiger partial charge in [-0.05, 0) is 50.1 Å². The fourth-order valence-corrected chi connectivity index (χ4v) is 2.46. The second-order valence-corrected chi connectivity index (χ2v) is 6.02. The van der Waals surface area contributed by atoms with Crippen LogP contribution in [0.4, 0.5) is 4.39 Å². The summed E-state index contributed by atoms with van der Waals surface area (Å²) in [5.74, 6) is 0.438. The number of rotatable bonds is 8. The van der Waals surface area contributed by atoms with E-state index in [9.17, 15) is 9.50 Å². The number of benzene rings is 1. The van der Waals surface area contributed by atoms with Gasteiger partial charge in [-0.1, -0.05) is 19.1 Å². The third-order valence-electron chi connectivity index (χ3n) is 3.71. The third-order valence-corrected chi connectivity index (χ3v) is 3.71. The highest BCUT2D eigenvalue weighted by Gasteiger charge is 2.14. The van der Waals surface area contributed by atoms with Crippen molar-refractivity contribution in [2.24, 2.45) is 0 Å². The molecule has 1 aromatic carbocycles. The lowest BCUT2D eigenvalue weighted by molar-refractivity contribution is 0.169. The molecule has 0 saturated heterocycles. The molecule has 4 nitrogen and oxygen atoms in total. The molecule has 1 aromatic heterocycles. The molecule has 24 heavy (non-hydrogen) atoms. The zero-order valence-corrected chi connectivity index (χ0v) is 14.4. The largest absolute Gasteiger partial charge is 0.491 e. The number of aliphatic hydroxyl groups excluding tert-OH is 1. The van der Waals surface area contributed by atoms with Gasteiger partial charge in [0.1, 0.15) is 11.6 Å². The number of ether oxygens (including phenoxy) is 1. The Balaban J connectivity index is 1.93. The Morgan fingerprint density at radius 2 is 1.88 bits per heavy atom. The average Bonchev–Trinajstić information content (AvgIpc) is 2.57. The van der Waals surface area contributed by atoms with Crippen molar-refractivity contribution in [1.29, 1.82) is 0 Å². The zero-order chi connectivity index (χ0) is 17.5. The average molecular weight is 332 g/mol. The quantitative estimate of drug-likeness (QED) is 0.772. The van der Waals surface area contributed by atoms with Gasteiger partial charge in [-0.2, -0.15) is 0 Å². The number of aliphatic hydroxyl groups is 1. The summed E-state index contributed by atoms with van der Waals surface area (Å²) in [4.78, 5) is 4.10. The number of hydrogen-bond donors (Lipinski definition) is 2. The first-order chi connectivity index (χ1) is 11.5. The molecule has 2 aromatic rings. The lowest BCUT2D eigenvalue weighted by Crippen LogP contribution is -2.26. The zero-order valence-electron chi connectivity index (χ0n) is 14.4. The Hall–Kier alpha value is -1.98. The monoisotopic (exact) mass is 332 g/mol. The van der Waals surface area contributed by atoms with Gasteiger partial charge in [-0.15, -0.1) is 0 Å². The number of aromatic nitrogens is 1. The summed E-state index contributed by atoms with van der Waals surface area (Å²) in [6.07, 6.45) is 1.50. The summed E-state index contributed by atoms with van der Waals surface area (Å²) >= 11 is 0. The molecule has 0 aliphatic carbocycles. The summed E-state index contributed by atoms with van der Waals surface area (Å²) in [7, 11) is 0. The molecule has 0 bridgehead atoms. The number of halogens is 1. The van der Waals surface area contributed by atoms with Crippen molar-refractivity contribution in [3.05, 3.63) is 59.7 Å². The first-order valence-electron chi connectivity index (χ1n) is 8.29. The molecule has 2 rings (SSSR count). The van der Waals surface area contributed by atoms with Crippen molar-refractivity contribution < 1.29 is 14.2 Å². The smallest absolute Gasteiger partial charge is 0.141 e.